The Labute approximate surface area is 96.9 Å². The number of hydrogen-bond acceptors (Lipinski definition) is 5. The van der Waals surface area contributed by atoms with Gasteiger partial charge < -0.3 is 10.9 Å². The molecule has 0 bridgehead atoms. The first-order valence-corrected chi connectivity index (χ1v) is 5.18. The molecule has 2 rings (SSSR count). The number of hydrogen-bond donors (Lipinski definition) is 2. The monoisotopic (exact) mass is 239 g/mol. The van der Waals surface area contributed by atoms with Crippen LogP contribution in [-0.2, 0) is 6.54 Å². The van der Waals surface area contributed by atoms with Crippen molar-refractivity contribution in [3.05, 3.63) is 22.5 Å². The fourth-order valence-electron chi connectivity index (χ4n) is 1.86. The van der Waals surface area contributed by atoms with Crippen LogP contribution < -0.4 is 5.73 Å². The van der Waals surface area contributed by atoms with E-state index < -0.39 is 4.92 Å². The van der Waals surface area contributed by atoms with Gasteiger partial charge in [-0.15, -0.1) is 0 Å². The normalized spacial score (nSPS) is 18.0. The number of oxime groups is 1. The van der Waals surface area contributed by atoms with E-state index >= 15 is 0 Å². The lowest BCUT2D eigenvalue weighted by atomic mass is 10.0. The van der Waals surface area contributed by atoms with Gasteiger partial charge in [0.2, 0.25) is 0 Å². The third-order valence-electron chi connectivity index (χ3n) is 2.97. The Morgan fingerprint density at radius 3 is 2.94 bits per heavy atom. The summed E-state index contributed by atoms with van der Waals surface area (Å²) in [4.78, 5) is 10.0. The molecule has 0 radical (unpaired) electrons. The molecule has 1 aliphatic rings. The number of rotatable bonds is 5. The minimum atomic E-state index is -0.480. The van der Waals surface area contributed by atoms with Crippen LogP contribution in [0, 0.1) is 15.5 Å². The Morgan fingerprint density at radius 2 is 2.47 bits per heavy atom. The van der Waals surface area contributed by atoms with Gasteiger partial charge >= 0.3 is 5.69 Å². The first-order valence-electron chi connectivity index (χ1n) is 5.18. The fourth-order valence-corrected chi connectivity index (χ4v) is 1.86. The molecule has 1 aliphatic carbocycles. The molecule has 1 saturated carbocycles. The van der Waals surface area contributed by atoms with Crippen LogP contribution in [0.2, 0.25) is 0 Å². The highest BCUT2D eigenvalue weighted by atomic mass is 16.6. The van der Waals surface area contributed by atoms with Gasteiger partial charge in [-0.3, -0.25) is 14.8 Å². The predicted octanol–water partition coefficient (Wildman–Crippen LogP) is 0.708. The molecule has 1 heterocycles. The topological polar surface area (TPSA) is 120 Å². The van der Waals surface area contributed by atoms with E-state index in [0.29, 0.717) is 13.0 Å². The number of amidine groups is 1. The highest BCUT2D eigenvalue weighted by Gasteiger charge is 2.44. The summed E-state index contributed by atoms with van der Waals surface area (Å²) >= 11 is 0. The van der Waals surface area contributed by atoms with Crippen molar-refractivity contribution in [2.24, 2.45) is 16.3 Å². The molecule has 0 atom stereocenters. The van der Waals surface area contributed by atoms with Crippen LogP contribution in [0.5, 0.6) is 0 Å². The summed E-state index contributed by atoms with van der Waals surface area (Å²) in [6.45, 7) is 0.553. The molecule has 17 heavy (non-hydrogen) atoms. The van der Waals surface area contributed by atoms with E-state index in [-0.39, 0.29) is 16.9 Å². The summed E-state index contributed by atoms with van der Waals surface area (Å²) in [5, 5.41) is 25.9. The van der Waals surface area contributed by atoms with E-state index in [2.05, 4.69) is 10.3 Å². The molecule has 0 amide bonds. The zero-order valence-corrected chi connectivity index (χ0v) is 9.11. The highest BCUT2D eigenvalue weighted by Crippen LogP contribution is 2.50. The van der Waals surface area contributed by atoms with Crippen molar-refractivity contribution in [1.29, 1.82) is 0 Å². The first kappa shape index (κ1) is 11.4. The Hall–Kier alpha value is -2.12. The smallest absolute Gasteiger partial charge is 0.306 e. The predicted molar refractivity (Wildman–Crippen MR) is 58.6 cm³/mol. The van der Waals surface area contributed by atoms with Crippen molar-refractivity contribution in [1.82, 2.24) is 9.78 Å². The molecule has 1 fully saturated rings. The van der Waals surface area contributed by atoms with Crippen LogP contribution >= 0.6 is 0 Å². The van der Waals surface area contributed by atoms with E-state index in [1.54, 1.807) is 0 Å². The van der Waals surface area contributed by atoms with Crippen LogP contribution in [0.1, 0.15) is 19.3 Å². The zero-order chi connectivity index (χ0) is 12.5. The fraction of sp³-hybridized carbons (Fsp3) is 0.556. The number of nitrogens with zero attached hydrogens (tertiary/aromatic N) is 4. The van der Waals surface area contributed by atoms with Gasteiger partial charge in [0.05, 0.1) is 4.92 Å². The molecule has 8 heteroatoms. The van der Waals surface area contributed by atoms with E-state index in [9.17, 15) is 10.1 Å². The summed E-state index contributed by atoms with van der Waals surface area (Å²) in [5.74, 6) is 0.184. The summed E-state index contributed by atoms with van der Waals surface area (Å²) < 4.78 is 1.54. The Kier molecular flexibility index (Phi) is 2.70. The molecule has 8 nitrogen and oxygen atoms in total. The van der Waals surface area contributed by atoms with Gasteiger partial charge in [-0.25, -0.2) is 0 Å². The summed E-state index contributed by atoms with van der Waals surface area (Å²) in [7, 11) is 0. The zero-order valence-electron chi connectivity index (χ0n) is 9.11. The molecule has 0 aliphatic heterocycles. The van der Waals surface area contributed by atoms with Crippen LogP contribution in [0.4, 0.5) is 5.69 Å². The average molecular weight is 239 g/mol. The Bertz CT molecular complexity index is 463. The second kappa shape index (κ2) is 4.04. The van der Waals surface area contributed by atoms with Crippen molar-refractivity contribution in [2.75, 3.05) is 0 Å². The summed E-state index contributed by atoms with van der Waals surface area (Å²) in [6.07, 6.45) is 5.01. The SMILES string of the molecule is N/C(CC1(Cn2cc([N+](=O)[O-])cn2)CC1)=N/O. The lowest BCUT2D eigenvalue weighted by Gasteiger charge is -2.13. The number of nitrogens with two attached hydrogens (primary N) is 1. The number of aromatic nitrogens is 2. The van der Waals surface area contributed by atoms with Gasteiger partial charge in [0.25, 0.3) is 0 Å². The molecule has 92 valence electrons. The highest BCUT2D eigenvalue weighted by molar-refractivity contribution is 5.80. The van der Waals surface area contributed by atoms with Crippen molar-refractivity contribution in [3.63, 3.8) is 0 Å². The van der Waals surface area contributed by atoms with Gasteiger partial charge in [-0.2, -0.15) is 5.10 Å². The molecule has 1 aromatic rings. The summed E-state index contributed by atoms with van der Waals surface area (Å²) in [5.41, 5.74) is 5.39. The molecular formula is C9H13N5O3. The second-order valence-electron chi connectivity index (χ2n) is 4.42. The maximum Gasteiger partial charge on any atom is 0.306 e. The third-order valence-corrected chi connectivity index (χ3v) is 2.97. The van der Waals surface area contributed by atoms with Gasteiger partial charge in [-0.05, 0) is 18.3 Å². The lowest BCUT2D eigenvalue weighted by Crippen LogP contribution is -2.21. The van der Waals surface area contributed by atoms with E-state index in [1.165, 1.54) is 17.1 Å². The summed E-state index contributed by atoms with van der Waals surface area (Å²) in [6, 6.07) is 0. The minimum absolute atomic E-state index is 0.0235. The van der Waals surface area contributed by atoms with Gasteiger partial charge in [0, 0.05) is 13.0 Å². The number of nitro groups is 1. The van der Waals surface area contributed by atoms with Gasteiger partial charge in [0.1, 0.15) is 18.2 Å². The Morgan fingerprint density at radius 1 is 1.76 bits per heavy atom. The molecule has 0 unspecified atom stereocenters. The van der Waals surface area contributed by atoms with Crippen LogP contribution in [0.25, 0.3) is 0 Å². The third kappa shape index (κ3) is 2.52. The molecular weight excluding hydrogens is 226 g/mol. The molecule has 3 N–H and O–H groups in total. The van der Waals surface area contributed by atoms with Gasteiger partial charge in [0.15, 0.2) is 0 Å². The minimum Gasteiger partial charge on any atom is -0.409 e. The van der Waals surface area contributed by atoms with Crippen LogP contribution in [0.3, 0.4) is 0 Å². The second-order valence-corrected chi connectivity index (χ2v) is 4.42. The van der Waals surface area contributed by atoms with E-state index in [4.69, 9.17) is 10.9 Å². The van der Waals surface area contributed by atoms with E-state index in [0.717, 1.165) is 12.8 Å². The van der Waals surface area contributed by atoms with Crippen LogP contribution in [0.15, 0.2) is 17.5 Å². The largest absolute Gasteiger partial charge is 0.409 e. The maximum atomic E-state index is 10.5. The van der Waals surface area contributed by atoms with E-state index in [1.807, 2.05) is 0 Å². The Balaban J connectivity index is 2.02. The molecule has 0 aromatic carbocycles. The van der Waals surface area contributed by atoms with Crippen molar-refractivity contribution in [2.45, 2.75) is 25.8 Å². The molecule has 0 saturated heterocycles. The quantitative estimate of drug-likeness (QED) is 0.258. The van der Waals surface area contributed by atoms with Crippen molar-refractivity contribution in [3.8, 4) is 0 Å². The maximum absolute atomic E-state index is 10.5. The lowest BCUT2D eigenvalue weighted by molar-refractivity contribution is -0.385. The average Bonchev–Trinajstić information content (AvgIpc) is 2.86. The van der Waals surface area contributed by atoms with Gasteiger partial charge in [-0.1, -0.05) is 5.16 Å². The van der Waals surface area contributed by atoms with Crippen molar-refractivity contribution < 1.29 is 10.1 Å². The van der Waals surface area contributed by atoms with Crippen LogP contribution in [-0.4, -0.2) is 25.7 Å². The molecule has 0 spiro atoms. The standard InChI is InChI=1S/C9H13N5O3/c10-8(12-15)3-9(1-2-9)6-13-5-7(4-11-13)14(16)17/h4-5,15H,1-3,6H2,(H2,10,12). The molecule has 1 aromatic heterocycles. The first-order chi connectivity index (χ1) is 8.04. The van der Waals surface area contributed by atoms with Crippen molar-refractivity contribution >= 4 is 11.5 Å².